The van der Waals surface area contributed by atoms with Crippen LogP contribution in [0.25, 0.3) is 0 Å². The van der Waals surface area contributed by atoms with Gasteiger partial charge in [0.05, 0.1) is 12.7 Å². The molecular formula is C13H18F3NO2. The Labute approximate surface area is 110 Å². The van der Waals surface area contributed by atoms with Crippen LogP contribution in [0.2, 0.25) is 0 Å². The largest absolute Gasteiger partial charge is 0.573 e. The average molecular weight is 277 g/mol. The number of nitrogens with two attached hydrogens (primary N) is 1. The molecule has 0 unspecified atom stereocenters. The SMILES string of the molecule is CCc1cc(CO[C@@H](C)CN)cc(OC(F)(F)F)c1. The van der Waals surface area contributed by atoms with Crippen LogP contribution in [-0.2, 0) is 17.8 Å². The maximum atomic E-state index is 12.2. The minimum Gasteiger partial charge on any atom is -0.406 e. The van der Waals surface area contributed by atoms with Crippen molar-refractivity contribution >= 4 is 0 Å². The molecule has 0 aliphatic heterocycles. The lowest BCUT2D eigenvalue weighted by molar-refractivity contribution is -0.274. The number of ether oxygens (including phenoxy) is 2. The van der Waals surface area contributed by atoms with E-state index in [0.29, 0.717) is 18.5 Å². The van der Waals surface area contributed by atoms with E-state index in [2.05, 4.69) is 4.74 Å². The Morgan fingerprint density at radius 3 is 2.37 bits per heavy atom. The fraction of sp³-hybridized carbons (Fsp3) is 0.538. The number of aryl methyl sites for hydroxylation is 1. The Balaban J connectivity index is 2.83. The van der Waals surface area contributed by atoms with Crippen LogP contribution < -0.4 is 10.5 Å². The zero-order chi connectivity index (χ0) is 14.5. The Bertz CT molecular complexity index is 407. The van der Waals surface area contributed by atoms with Crippen molar-refractivity contribution < 1.29 is 22.6 Å². The van der Waals surface area contributed by atoms with E-state index in [4.69, 9.17) is 10.5 Å². The van der Waals surface area contributed by atoms with Crippen molar-refractivity contribution in [2.24, 2.45) is 5.73 Å². The fourth-order valence-electron chi connectivity index (χ4n) is 1.52. The van der Waals surface area contributed by atoms with Crippen LogP contribution in [0, 0.1) is 0 Å². The molecule has 0 aromatic heterocycles. The molecule has 0 amide bonds. The van der Waals surface area contributed by atoms with Gasteiger partial charge in [-0.15, -0.1) is 13.2 Å². The first-order valence-electron chi connectivity index (χ1n) is 6.04. The smallest absolute Gasteiger partial charge is 0.406 e. The third-order valence-corrected chi connectivity index (χ3v) is 2.53. The van der Waals surface area contributed by atoms with Gasteiger partial charge in [-0.1, -0.05) is 13.0 Å². The first-order valence-corrected chi connectivity index (χ1v) is 6.04. The van der Waals surface area contributed by atoms with E-state index in [0.717, 1.165) is 5.56 Å². The summed E-state index contributed by atoms with van der Waals surface area (Å²) in [5.74, 6) is -0.217. The lowest BCUT2D eigenvalue weighted by Gasteiger charge is -2.14. The molecule has 108 valence electrons. The minimum atomic E-state index is -4.69. The van der Waals surface area contributed by atoms with Gasteiger partial charge < -0.3 is 15.2 Å². The third kappa shape index (κ3) is 5.94. The topological polar surface area (TPSA) is 44.5 Å². The molecule has 3 nitrogen and oxygen atoms in total. The van der Waals surface area contributed by atoms with E-state index in [-0.39, 0.29) is 18.5 Å². The van der Waals surface area contributed by atoms with Crippen LogP contribution in [0.3, 0.4) is 0 Å². The number of benzene rings is 1. The molecule has 6 heteroatoms. The molecule has 0 aliphatic carbocycles. The first kappa shape index (κ1) is 15.8. The van der Waals surface area contributed by atoms with Gasteiger partial charge in [-0.25, -0.2) is 0 Å². The molecule has 0 radical (unpaired) electrons. The number of rotatable bonds is 6. The molecular weight excluding hydrogens is 259 g/mol. The monoisotopic (exact) mass is 277 g/mol. The van der Waals surface area contributed by atoms with Crippen molar-refractivity contribution in [3.05, 3.63) is 29.3 Å². The van der Waals surface area contributed by atoms with Crippen molar-refractivity contribution in [3.63, 3.8) is 0 Å². The summed E-state index contributed by atoms with van der Waals surface area (Å²) in [5.41, 5.74) is 6.81. The molecule has 0 saturated carbocycles. The molecule has 1 atom stereocenters. The molecule has 0 heterocycles. The second-order valence-electron chi connectivity index (χ2n) is 4.24. The van der Waals surface area contributed by atoms with Gasteiger partial charge in [0, 0.05) is 6.54 Å². The van der Waals surface area contributed by atoms with Gasteiger partial charge in [-0.2, -0.15) is 0 Å². The van der Waals surface area contributed by atoms with Crippen molar-refractivity contribution in [1.29, 1.82) is 0 Å². The van der Waals surface area contributed by atoms with Gasteiger partial charge in [0.1, 0.15) is 5.75 Å². The Morgan fingerprint density at radius 1 is 1.21 bits per heavy atom. The molecule has 1 aromatic rings. The third-order valence-electron chi connectivity index (χ3n) is 2.53. The van der Waals surface area contributed by atoms with Crippen molar-refractivity contribution in [2.75, 3.05) is 6.54 Å². The van der Waals surface area contributed by atoms with E-state index >= 15 is 0 Å². The minimum absolute atomic E-state index is 0.141. The Hall–Kier alpha value is -1.27. The summed E-state index contributed by atoms with van der Waals surface area (Å²) in [6.45, 7) is 4.23. The lowest BCUT2D eigenvalue weighted by atomic mass is 10.1. The molecule has 1 aromatic carbocycles. The van der Waals surface area contributed by atoms with E-state index in [9.17, 15) is 13.2 Å². The van der Waals surface area contributed by atoms with Crippen LogP contribution in [0.1, 0.15) is 25.0 Å². The van der Waals surface area contributed by atoms with Crippen molar-refractivity contribution in [2.45, 2.75) is 39.3 Å². The highest BCUT2D eigenvalue weighted by atomic mass is 19.4. The molecule has 0 spiro atoms. The fourth-order valence-corrected chi connectivity index (χ4v) is 1.52. The zero-order valence-corrected chi connectivity index (χ0v) is 11.0. The Kier molecular flexibility index (Phi) is 5.62. The van der Waals surface area contributed by atoms with E-state index in [1.54, 1.807) is 13.0 Å². The van der Waals surface area contributed by atoms with Crippen LogP contribution in [0.15, 0.2) is 18.2 Å². The van der Waals surface area contributed by atoms with Gasteiger partial charge in [-0.05, 0) is 36.6 Å². The van der Waals surface area contributed by atoms with Crippen molar-refractivity contribution in [3.8, 4) is 5.75 Å². The summed E-state index contributed by atoms with van der Waals surface area (Å²) in [6, 6.07) is 4.51. The summed E-state index contributed by atoms with van der Waals surface area (Å²) in [6.07, 6.45) is -4.21. The van der Waals surface area contributed by atoms with Gasteiger partial charge >= 0.3 is 6.36 Å². The number of halogens is 3. The molecule has 0 bridgehead atoms. The maximum absolute atomic E-state index is 12.2. The maximum Gasteiger partial charge on any atom is 0.573 e. The van der Waals surface area contributed by atoms with Crippen molar-refractivity contribution in [1.82, 2.24) is 0 Å². The molecule has 2 N–H and O–H groups in total. The summed E-state index contributed by atoms with van der Waals surface area (Å²) >= 11 is 0. The summed E-state index contributed by atoms with van der Waals surface area (Å²) in [7, 11) is 0. The van der Waals surface area contributed by atoms with Gasteiger partial charge in [-0.3, -0.25) is 0 Å². The quantitative estimate of drug-likeness (QED) is 0.869. The summed E-state index contributed by atoms with van der Waals surface area (Å²) in [4.78, 5) is 0. The number of alkyl halides is 3. The molecule has 0 aliphatic rings. The summed E-state index contributed by atoms with van der Waals surface area (Å²) < 4.78 is 46.0. The molecule has 0 fully saturated rings. The van der Waals surface area contributed by atoms with E-state index in [1.165, 1.54) is 12.1 Å². The normalized spacial score (nSPS) is 13.4. The van der Waals surface area contributed by atoms with E-state index < -0.39 is 6.36 Å². The summed E-state index contributed by atoms with van der Waals surface area (Å²) in [5, 5.41) is 0. The molecule has 19 heavy (non-hydrogen) atoms. The standard InChI is InChI=1S/C13H18F3NO2/c1-3-10-4-11(8-18-9(2)7-17)6-12(5-10)19-13(14,15)16/h4-6,9H,3,7-8,17H2,1-2H3/t9-/m0/s1. The lowest BCUT2D eigenvalue weighted by Crippen LogP contribution is -2.20. The molecule has 0 saturated heterocycles. The van der Waals surface area contributed by atoms with Crippen LogP contribution in [0.5, 0.6) is 5.75 Å². The molecule has 1 rings (SSSR count). The van der Waals surface area contributed by atoms with Gasteiger partial charge in [0.15, 0.2) is 0 Å². The number of hydrogen-bond donors (Lipinski definition) is 1. The van der Waals surface area contributed by atoms with Crippen LogP contribution in [-0.4, -0.2) is 19.0 Å². The zero-order valence-electron chi connectivity index (χ0n) is 11.0. The first-order chi connectivity index (χ1) is 8.84. The number of hydrogen-bond acceptors (Lipinski definition) is 3. The van der Waals surface area contributed by atoms with Gasteiger partial charge in [0.2, 0.25) is 0 Å². The second kappa shape index (κ2) is 6.77. The van der Waals surface area contributed by atoms with E-state index in [1.807, 2.05) is 6.92 Å². The highest BCUT2D eigenvalue weighted by Crippen LogP contribution is 2.25. The predicted molar refractivity (Wildman–Crippen MR) is 65.8 cm³/mol. The van der Waals surface area contributed by atoms with Crippen LogP contribution in [0.4, 0.5) is 13.2 Å². The highest BCUT2D eigenvalue weighted by molar-refractivity contribution is 5.34. The second-order valence-corrected chi connectivity index (χ2v) is 4.24. The predicted octanol–water partition coefficient (Wildman–Crippen LogP) is 3.01. The van der Waals surface area contributed by atoms with Gasteiger partial charge in [0.25, 0.3) is 0 Å². The van der Waals surface area contributed by atoms with Crippen LogP contribution >= 0.6 is 0 Å². The average Bonchev–Trinajstić information content (AvgIpc) is 2.33. The highest BCUT2D eigenvalue weighted by Gasteiger charge is 2.31. The Morgan fingerprint density at radius 2 is 1.84 bits per heavy atom.